The third-order valence-electron chi connectivity index (χ3n) is 5.04. The molecule has 4 heteroatoms. The van der Waals surface area contributed by atoms with E-state index in [2.05, 4.69) is 12.2 Å². The second-order valence-electron chi connectivity index (χ2n) is 6.22. The van der Waals surface area contributed by atoms with Crippen molar-refractivity contribution in [2.24, 2.45) is 23.7 Å². The van der Waals surface area contributed by atoms with Crippen LogP contribution in [0.1, 0.15) is 32.6 Å². The van der Waals surface area contributed by atoms with Gasteiger partial charge in [-0.1, -0.05) is 6.92 Å². The van der Waals surface area contributed by atoms with E-state index in [1.165, 1.54) is 0 Å². The van der Waals surface area contributed by atoms with Crippen LogP contribution in [0.15, 0.2) is 0 Å². The molecule has 3 rings (SSSR count). The quantitative estimate of drug-likeness (QED) is 0.744. The van der Waals surface area contributed by atoms with Gasteiger partial charge in [-0.3, -0.25) is 14.5 Å². The number of likely N-dealkylation sites (tertiary alicyclic amines) is 1. The number of nitrogens with zero attached hydrogens (tertiary/aromatic N) is 1. The Bertz CT molecular complexity index is 347. The first-order valence-corrected chi connectivity index (χ1v) is 7.22. The summed E-state index contributed by atoms with van der Waals surface area (Å²) in [4.78, 5) is 26.1. The molecule has 3 aliphatic rings. The molecule has 3 fully saturated rings. The highest BCUT2D eigenvalue weighted by atomic mass is 16.2. The Hall–Kier alpha value is -0.900. The third-order valence-corrected chi connectivity index (χ3v) is 5.04. The molecule has 4 atom stereocenters. The molecule has 0 aromatic rings. The molecule has 2 bridgehead atoms. The van der Waals surface area contributed by atoms with E-state index in [1.807, 2.05) is 0 Å². The summed E-state index contributed by atoms with van der Waals surface area (Å²) in [6.45, 7) is 4.89. The normalized spacial score (nSPS) is 40.4. The lowest BCUT2D eigenvalue weighted by atomic mass is 9.86. The summed E-state index contributed by atoms with van der Waals surface area (Å²) in [6, 6.07) is 0. The standard InChI is InChI=1S/C14H22N2O2/c1-9-7-15-5-4-12(9)8-16-13(17)10-2-3-11(6-10)14(16)18/h9-12,15H,2-8H2,1H3. The molecule has 0 radical (unpaired) electrons. The van der Waals surface area contributed by atoms with Crippen LogP contribution in [-0.2, 0) is 9.59 Å². The van der Waals surface area contributed by atoms with Crippen LogP contribution in [0.5, 0.6) is 0 Å². The molecule has 100 valence electrons. The Balaban J connectivity index is 1.71. The predicted molar refractivity (Wildman–Crippen MR) is 67.7 cm³/mol. The number of carbonyl (C=O) groups is 2. The van der Waals surface area contributed by atoms with Crippen LogP contribution in [0.2, 0.25) is 0 Å². The van der Waals surface area contributed by atoms with Gasteiger partial charge in [-0.15, -0.1) is 0 Å². The number of piperidine rings is 2. The Morgan fingerprint density at radius 2 is 1.83 bits per heavy atom. The van der Waals surface area contributed by atoms with Crippen LogP contribution in [0.3, 0.4) is 0 Å². The van der Waals surface area contributed by atoms with Crippen molar-refractivity contribution in [2.75, 3.05) is 19.6 Å². The first-order valence-electron chi connectivity index (χ1n) is 7.22. The van der Waals surface area contributed by atoms with E-state index in [4.69, 9.17) is 0 Å². The molecule has 2 heterocycles. The Morgan fingerprint density at radius 1 is 1.17 bits per heavy atom. The molecule has 1 aliphatic carbocycles. The van der Waals surface area contributed by atoms with Crippen molar-refractivity contribution in [3.63, 3.8) is 0 Å². The lowest BCUT2D eigenvalue weighted by molar-refractivity contribution is -0.154. The van der Waals surface area contributed by atoms with Gasteiger partial charge in [-0.2, -0.15) is 0 Å². The summed E-state index contributed by atoms with van der Waals surface area (Å²) in [6.07, 6.45) is 3.74. The van der Waals surface area contributed by atoms with E-state index < -0.39 is 0 Å². The van der Waals surface area contributed by atoms with Gasteiger partial charge in [0.1, 0.15) is 0 Å². The summed E-state index contributed by atoms with van der Waals surface area (Å²) in [5.41, 5.74) is 0. The minimum atomic E-state index is 0.111. The predicted octanol–water partition coefficient (Wildman–Crippen LogP) is 1.02. The van der Waals surface area contributed by atoms with Crippen LogP contribution < -0.4 is 5.32 Å². The van der Waals surface area contributed by atoms with Gasteiger partial charge in [0.15, 0.2) is 0 Å². The van der Waals surface area contributed by atoms with Crippen molar-refractivity contribution >= 4 is 11.8 Å². The molecule has 2 aliphatic heterocycles. The Kier molecular flexibility index (Phi) is 3.14. The molecule has 1 N–H and O–H groups in total. The molecule has 0 aromatic heterocycles. The molecule has 0 aromatic carbocycles. The highest BCUT2D eigenvalue weighted by Crippen LogP contribution is 2.38. The maximum Gasteiger partial charge on any atom is 0.232 e. The van der Waals surface area contributed by atoms with Crippen LogP contribution in [0, 0.1) is 23.7 Å². The van der Waals surface area contributed by atoms with Gasteiger partial charge in [-0.05, 0) is 50.6 Å². The fourth-order valence-corrected chi connectivity index (χ4v) is 3.73. The maximum atomic E-state index is 12.3. The molecule has 0 spiro atoms. The van der Waals surface area contributed by atoms with Crippen molar-refractivity contribution < 1.29 is 9.59 Å². The first kappa shape index (κ1) is 12.2. The second-order valence-corrected chi connectivity index (χ2v) is 6.22. The number of fused-ring (bicyclic) bond motifs is 2. The van der Waals surface area contributed by atoms with Crippen molar-refractivity contribution in [3.05, 3.63) is 0 Å². The van der Waals surface area contributed by atoms with E-state index >= 15 is 0 Å². The van der Waals surface area contributed by atoms with Gasteiger partial charge in [-0.25, -0.2) is 0 Å². The summed E-state index contributed by atoms with van der Waals surface area (Å²) in [5, 5.41) is 3.37. The molecule has 1 saturated carbocycles. The minimum Gasteiger partial charge on any atom is -0.316 e. The summed E-state index contributed by atoms with van der Waals surface area (Å²) >= 11 is 0. The highest BCUT2D eigenvalue weighted by Gasteiger charge is 2.45. The van der Waals surface area contributed by atoms with E-state index in [9.17, 15) is 9.59 Å². The number of nitrogens with one attached hydrogen (secondary N) is 1. The molecule has 18 heavy (non-hydrogen) atoms. The number of rotatable bonds is 2. The topological polar surface area (TPSA) is 49.4 Å². The van der Waals surface area contributed by atoms with Crippen molar-refractivity contribution in [3.8, 4) is 0 Å². The molecule has 2 saturated heterocycles. The smallest absolute Gasteiger partial charge is 0.232 e. The van der Waals surface area contributed by atoms with Crippen molar-refractivity contribution in [1.29, 1.82) is 0 Å². The van der Waals surface area contributed by atoms with E-state index in [0.29, 0.717) is 18.4 Å². The summed E-state index contributed by atoms with van der Waals surface area (Å²) < 4.78 is 0. The number of hydrogen-bond donors (Lipinski definition) is 1. The molecule has 4 unspecified atom stereocenters. The maximum absolute atomic E-state index is 12.3. The van der Waals surface area contributed by atoms with Gasteiger partial charge < -0.3 is 5.32 Å². The third kappa shape index (κ3) is 1.96. The number of imide groups is 1. The Labute approximate surface area is 108 Å². The van der Waals surface area contributed by atoms with Crippen LogP contribution in [0.25, 0.3) is 0 Å². The van der Waals surface area contributed by atoms with Crippen LogP contribution in [0.4, 0.5) is 0 Å². The monoisotopic (exact) mass is 250 g/mol. The van der Waals surface area contributed by atoms with Gasteiger partial charge in [0.05, 0.1) is 0 Å². The molecule has 2 amide bonds. The van der Waals surface area contributed by atoms with Crippen LogP contribution in [-0.4, -0.2) is 36.3 Å². The fourth-order valence-electron chi connectivity index (χ4n) is 3.73. The Morgan fingerprint density at radius 3 is 2.44 bits per heavy atom. The first-order chi connectivity index (χ1) is 8.66. The zero-order valence-corrected chi connectivity index (χ0v) is 11.0. The van der Waals surface area contributed by atoms with Gasteiger partial charge in [0, 0.05) is 18.4 Å². The van der Waals surface area contributed by atoms with E-state index in [0.717, 1.165) is 38.8 Å². The van der Waals surface area contributed by atoms with Crippen molar-refractivity contribution in [2.45, 2.75) is 32.6 Å². The zero-order valence-electron chi connectivity index (χ0n) is 11.0. The number of carbonyl (C=O) groups excluding carboxylic acids is 2. The van der Waals surface area contributed by atoms with Gasteiger partial charge >= 0.3 is 0 Å². The summed E-state index contributed by atoms with van der Waals surface area (Å²) in [7, 11) is 0. The van der Waals surface area contributed by atoms with Crippen molar-refractivity contribution in [1.82, 2.24) is 10.2 Å². The van der Waals surface area contributed by atoms with E-state index in [-0.39, 0.29) is 23.7 Å². The minimum absolute atomic E-state index is 0.111. The molecular formula is C14H22N2O2. The number of hydrogen-bond acceptors (Lipinski definition) is 3. The lowest BCUT2D eigenvalue weighted by Gasteiger charge is -2.36. The number of amides is 2. The second kappa shape index (κ2) is 4.65. The largest absolute Gasteiger partial charge is 0.316 e. The van der Waals surface area contributed by atoms with Gasteiger partial charge in [0.2, 0.25) is 11.8 Å². The van der Waals surface area contributed by atoms with E-state index in [1.54, 1.807) is 4.90 Å². The SMILES string of the molecule is CC1CNCCC1CN1C(=O)C2CCC(C2)C1=O. The average molecular weight is 250 g/mol. The molecular weight excluding hydrogens is 228 g/mol. The zero-order chi connectivity index (χ0) is 12.7. The lowest BCUT2D eigenvalue weighted by Crippen LogP contribution is -2.50. The highest BCUT2D eigenvalue weighted by molar-refractivity contribution is 6.00. The fraction of sp³-hybridized carbons (Fsp3) is 0.857. The summed E-state index contributed by atoms with van der Waals surface area (Å²) in [5.74, 6) is 1.55. The van der Waals surface area contributed by atoms with Gasteiger partial charge in [0.25, 0.3) is 0 Å². The molecule has 4 nitrogen and oxygen atoms in total. The average Bonchev–Trinajstić information content (AvgIpc) is 2.81. The van der Waals surface area contributed by atoms with Crippen LogP contribution >= 0.6 is 0 Å².